The molecular formula is C51H32N4OS. The van der Waals surface area contributed by atoms with Gasteiger partial charge in [-0.3, -0.25) is 4.57 Å². The predicted molar refractivity (Wildman–Crippen MR) is 235 cm³/mol. The summed E-state index contributed by atoms with van der Waals surface area (Å²) >= 11 is 1.86. The fourth-order valence-corrected chi connectivity index (χ4v) is 9.85. The van der Waals surface area contributed by atoms with Crippen LogP contribution in [0, 0.1) is 0 Å². The van der Waals surface area contributed by atoms with Crippen LogP contribution in [0.1, 0.15) is 23.2 Å². The van der Waals surface area contributed by atoms with E-state index < -0.39 is 0 Å². The number of furan rings is 1. The number of aryl methyl sites for hydroxylation is 1. The zero-order valence-corrected chi connectivity index (χ0v) is 31.5. The van der Waals surface area contributed by atoms with Gasteiger partial charge in [0.05, 0.1) is 11.2 Å². The van der Waals surface area contributed by atoms with E-state index in [1.807, 2.05) is 47.7 Å². The Balaban J connectivity index is 1.04. The van der Waals surface area contributed by atoms with Crippen molar-refractivity contribution >= 4 is 69.9 Å². The summed E-state index contributed by atoms with van der Waals surface area (Å²) in [7, 11) is 0. The maximum Gasteiger partial charge on any atom is 0.238 e. The Hall–Kier alpha value is -7.15. The van der Waals surface area contributed by atoms with Gasteiger partial charge in [0.2, 0.25) is 5.95 Å². The van der Waals surface area contributed by atoms with Gasteiger partial charge in [0.25, 0.3) is 0 Å². The molecule has 0 amide bonds. The van der Waals surface area contributed by atoms with Gasteiger partial charge in [0.15, 0.2) is 11.6 Å². The van der Waals surface area contributed by atoms with Gasteiger partial charge in [-0.05, 0) is 77.6 Å². The third-order valence-corrected chi connectivity index (χ3v) is 12.5. The molecule has 0 bridgehead atoms. The van der Waals surface area contributed by atoms with E-state index in [0.29, 0.717) is 17.6 Å². The number of fused-ring (bicyclic) bond motifs is 9. The fourth-order valence-electron chi connectivity index (χ4n) is 8.71. The van der Waals surface area contributed by atoms with E-state index in [1.165, 1.54) is 53.4 Å². The minimum absolute atomic E-state index is 0.583. The first kappa shape index (κ1) is 32.1. The molecule has 0 unspecified atom stereocenters. The Morgan fingerprint density at radius 3 is 2.05 bits per heavy atom. The molecule has 1 aliphatic rings. The minimum atomic E-state index is 0.583. The molecule has 268 valence electrons. The van der Waals surface area contributed by atoms with Crippen molar-refractivity contribution in [2.75, 3.05) is 0 Å². The number of allylic oxidation sites excluding steroid dienone is 1. The number of benzene rings is 7. The molecule has 4 heterocycles. The number of hydrogen-bond acceptors (Lipinski definition) is 5. The largest absolute Gasteiger partial charge is 0.456 e. The Kier molecular flexibility index (Phi) is 7.16. The predicted octanol–water partition coefficient (Wildman–Crippen LogP) is 13.5. The zero-order valence-electron chi connectivity index (χ0n) is 30.7. The molecule has 5 nitrogen and oxygen atoms in total. The van der Waals surface area contributed by atoms with E-state index in [4.69, 9.17) is 19.4 Å². The van der Waals surface area contributed by atoms with Gasteiger partial charge >= 0.3 is 0 Å². The van der Waals surface area contributed by atoms with E-state index in [-0.39, 0.29) is 0 Å². The third-order valence-electron chi connectivity index (χ3n) is 11.4. The summed E-state index contributed by atoms with van der Waals surface area (Å²) in [6, 6.07) is 57.8. The van der Waals surface area contributed by atoms with Crippen LogP contribution in [0.2, 0.25) is 0 Å². The van der Waals surface area contributed by atoms with Crippen molar-refractivity contribution in [3.8, 4) is 39.9 Å². The number of thiophene rings is 1. The van der Waals surface area contributed by atoms with Gasteiger partial charge in [0.1, 0.15) is 11.2 Å². The second kappa shape index (κ2) is 12.7. The van der Waals surface area contributed by atoms with E-state index >= 15 is 0 Å². The monoisotopic (exact) mass is 748 g/mol. The highest BCUT2D eigenvalue weighted by molar-refractivity contribution is 7.25. The summed E-state index contributed by atoms with van der Waals surface area (Å²) in [5.41, 5.74) is 11.7. The van der Waals surface area contributed by atoms with Crippen LogP contribution in [0.4, 0.5) is 0 Å². The van der Waals surface area contributed by atoms with Crippen LogP contribution in [0.25, 0.3) is 98.4 Å². The van der Waals surface area contributed by atoms with Gasteiger partial charge in [-0.25, -0.2) is 4.98 Å². The average Bonchev–Trinajstić information content (AvgIpc) is 3.95. The first-order valence-electron chi connectivity index (χ1n) is 19.3. The average molecular weight is 749 g/mol. The van der Waals surface area contributed by atoms with Gasteiger partial charge in [0, 0.05) is 53.0 Å². The maximum atomic E-state index is 6.32. The fraction of sp³-hybridized carbons (Fsp3) is 0.0392. The summed E-state index contributed by atoms with van der Waals surface area (Å²) in [6.45, 7) is 0. The summed E-state index contributed by atoms with van der Waals surface area (Å²) in [5, 5.41) is 6.01. The molecule has 6 heteroatoms. The molecule has 1 aliphatic carbocycles. The molecule has 12 rings (SSSR count). The van der Waals surface area contributed by atoms with Crippen LogP contribution in [0.3, 0.4) is 0 Å². The van der Waals surface area contributed by atoms with Crippen molar-refractivity contribution in [1.29, 1.82) is 0 Å². The molecule has 0 atom stereocenters. The number of hydrogen-bond donors (Lipinski definition) is 0. The molecule has 7 aromatic carbocycles. The van der Waals surface area contributed by atoms with Crippen LogP contribution < -0.4 is 0 Å². The van der Waals surface area contributed by atoms with Crippen molar-refractivity contribution < 1.29 is 4.42 Å². The quantitative estimate of drug-likeness (QED) is 0.176. The van der Waals surface area contributed by atoms with Gasteiger partial charge < -0.3 is 4.42 Å². The van der Waals surface area contributed by atoms with Gasteiger partial charge in [-0.1, -0.05) is 127 Å². The zero-order chi connectivity index (χ0) is 37.5. The second-order valence-corrected chi connectivity index (χ2v) is 15.8. The molecule has 0 saturated carbocycles. The number of para-hydroxylation sites is 2. The number of nitrogens with zero attached hydrogens (tertiary/aromatic N) is 4. The topological polar surface area (TPSA) is 56.7 Å². The molecule has 0 radical (unpaired) electrons. The highest BCUT2D eigenvalue weighted by Gasteiger charge is 2.27. The standard InChI is InChI=1S/C51H32N4OS/c1-2-12-31(13-3-1)49-52-50(35-25-26-39-38-17-5-8-22-44(38)56-45(39)29-35)54-51(53-49)55-43-21-7-4-16-37(43)42-20-11-19-36(48(42)55)34-15-10-14-32(28-34)33-24-27-41-40-18-6-9-23-46(40)57-47(41)30-33/h1-10,12-19,21-30H,11,20H2. The summed E-state index contributed by atoms with van der Waals surface area (Å²) in [6.07, 6.45) is 4.27. The molecule has 0 aliphatic heterocycles. The normalized spacial score (nSPS) is 12.9. The van der Waals surface area contributed by atoms with Crippen molar-refractivity contribution in [2.45, 2.75) is 12.8 Å². The van der Waals surface area contributed by atoms with Crippen LogP contribution in [-0.2, 0) is 6.42 Å². The number of rotatable bonds is 5. The Morgan fingerprint density at radius 1 is 0.474 bits per heavy atom. The lowest BCUT2D eigenvalue weighted by atomic mass is 9.89. The van der Waals surface area contributed by atoms with Crippen molar-refractivity contribution in [3.05, 3.63) is 187 Å². The lowest BCUT2D eigenvalue weighted by Crippen LogP contribution is -2.11. The SMILES string of the molecule is C1=C(c2cccc(-c3ccc4c(c3)sc3ccccc34)c2)c2c(c3ccccc3n2-c2nc(-c3ccccc3)nc(-c3ccc4c(c3)oc3ccccc34)n2)CC1. The first-order valence-corrected chi connectivity index (χ1v) is 20.1. The van der Waals surface area contributed by atoms with Crippen LogP contribution in [0.5, 0.6) is 0 Å². The minimum Gasteiger partial charge on any atom is -0.456 e. The molecule has 4 aromatic heterocycles. The first-order chi connectivity index (χ1) is 28.2. The van der Waals surface area contributed by atoms with E-state index in [0.717, 1.165) is 57.1 Å². The molecule has 0 saturated heterocycles. The lowest BCUT2D eigenvalue weighted by molar-refractivity contribution is 0.669. The van der Waals surface area contributed by atoms with Crippen LogP contribution in [0.15, 0.2) is 174 Å². The van der Waals surface area contributed by atoms with Crippen molar-refractivity contribution in [1.82, 2.24) is 19.5 Å². The number of aromatic nitrogens is 4. The third kappa shape index (κ3) is 5.18. The van der Waals surface area contributed by atoms with E-state index in [2.05, 4.69) is 138 Å². The van der Waals surface area contributed by atoms with E-state index in [1.54, 1.807) is 0 Å². The molecule has 57 heavy (non-hydrogen) atoms. The highest BCUT2D eigenvalue weighted by Crippen LogP contribution is 2.42. The molecular weight excluding hydrogens is 717 g/mol. The molecule has 0 fully saturated rings. The smallest absolute Gasteiger partial charge is 0.238 e. The highest BCUT2D eigenvalue weighted by atomic mass is 32.1. The van der Waals surface area contributed by atoms with Crippen LogP contribution in [-0.4, -0.2) is 19.5 Å². The maximum absolute atomic E-state index is 6.32. The summed E-state index contributed by atoms with van der Waals surface area (Å²) < 4.78 is 11.2. The Bertz CT molecular complexity index is 3420. The molecule has 0 N–H and O–H groups in total. The second-order valence-electron chi connectivity index (χ2n) is 14.7. The van der Waals surface area contributed by atoms with E-state index in [9.17, 15) is 0 Å². The summed E-state index contributed by atoms with van der Waals surface area (Å²) in [5.74, 6) is 1.79. The van der Waals surface area contributed by atoms with Gasteiger partial charge in [-0.2, -0.15) is 9.97 Å². The summed E-state index contributed by atoms with van der Waals surface area (Å²) in [4.78, 5) is 15.7. The molecule has 11 aromatic rings. The molecule has 0 spiro atoms. The Labute approximate surface area is 331 Å². The Morgan fingerprint density at radius 2 is 1.14 bits per heavy atom. The van der Waals surface area contributed by atoms with Crippen LogP contribution >= 0.6 is 11.3 Å². The lowest BCUT2D eigenvalue weighted by Gasteiger charge is -2.19. The van der Waals surface area contributed by atoms with Crippen molar-refractivity contribution in [2.24, 2.45) is 0 Å². The van der Waals surface area contributed by atoms with Crippen molar-refractivity contribution in [3.63, 3.8) is 0 Å². The van der Waals surface area contributed by atoms with Gasteiger partial charge in [-0.15, -0.1) is 11.3 Å².